The fourth-order valence-corrected chi connectivity index (χ4v) is 3.36. The van der Waals surface area contributed by atoms with E-state index >= 15 is 0 Å². The molecule has 128 valence electrons. The number of carbonyl (C=O) groups excluding carboxylic acids is 1. The number of halogens is 1. The summed E-state index contributed by atoms with van der Waals surface area (Å²) in [7, 11) is 0. The van der Waals surface area contributed by atoms with Crippen LogP contribution in [0.2, 0.25) is 5.02 Å². The third-order valence-electron chi connectivity index (χ3n) is 4.42. The molecule has 1 aliphatic heterocycles. The molecule has 2 aromatic heterocycles. The standard InChI is InChI=1S/C17H15ClN4O3/c1-10-14(15(20-25-10)12-4-2-3-5-13(12)18)17(23)22-7-6-11(8-22)16-19-9-24-21-16/h2-5,9,11H,6-8H2,1H3/t11-/m1/s1. The predicted molar refractivity (Wildman–Crippen MR) is 89.2 cm³/mol. The molecule has 3 aromatic rings. The van der Waals surface area contributed by atoms with Gasteiger partial charge in [-0.25, -0.2) is 0 Å². The lowest BCUT2D eigenvalue weighted by atomic mass is 10.1. The number of hydrogen-bond acceptors (Lipinski definition) is 6. The second-order valence-corrected chi connectivity index (χ2v) is 6.38. The van der Waals surface area contributed by atoms with E-state index in [2.05, 4.69) is 15.3 Å². The van der Waals surface area contributed by atoms with E-state index in [1.807, 2.05) is 18.2 Å². The molecular weight excluding hydrogens is 344 g/mol. The van der Waals surface area contributed by atoms with E-state index in [4.69, 9.17) is 20.6 Å². The predicted octanol–water partition coefficient (Wildman–Crippen LogP) is 3.32. The van der Waals surface area contributed by atoms with Crippen LogP contribution in [-0.4, -0.2) is 39.2 Å². The Morgan fingerprint density at radius 2 is 2.16 bits per heavy atom. The lowest BCUT2D eigenvalue weighted by Crippen LogP contribution is -2.29. The topological polar surface area (TPSA) is 85.3 Å². The van der Waals surface area contributed by atoms with E-state index in [-0.39, 0.29) is 11.8 Å². The van der Waals surface area contributed by atoms with Gasteiger partial charge < -0.3 is 13.9 Å². The van der Waals surface area contributed by atoms with Crippen molar-refractivity contribution < 1.29 is 13.8 Å². The summed E-state index contributed by atoms with van der Waals surface area (Å²) in [6, 6.07) is 7.26. The van der Waals surface area contributed by atoms with Crippen LogP contribution in [0.25, 0.3) is 11.3 Å². The monoisotopic (exact) mass is 358 g/mol. The van der Waals surface area contributed by atoms with Crippen molar-refractivity contribution in [1.29, 1.82) is 0 Å². The van der Waals surface area contributed by atoms with Gasteiger partial charge in [-0.15, -0.1) is 0 Å². The zero-order valence-corrected chi connectivity index (χ0v) is 14.2. The van der Waals surface area contributed by atoms with E-state index < -0.39 is 0 Å². The molecule has 0 bridgehead atoms. The molecule has 7 nitrogen and oxygen atoms in total. The molecule has 4 rings (SSSR count). The van der Waals surface area contributed by atoms with Crippen LogP contribution >= 0.6 is 11.6 Å². The van der Waals surface area contributed by atoms with Gasteiger partial charge in [-0.05, 0) is 19.4 Å². The van der Waals surface area contributed by atoms with Gasteiger partial charge in [-0.3, -0.25) is 4.79 Å². The molecule has 0 spiro atoms. The molecule has 1 atom stereocenters. The SMILES string of the molecule is Cc1onc(-c2ccccc2Cl)c1C(=O)N1CC[C@@H](c2ncon2)C1. The fraction of sp³-hybridized carbons (Fsp3) is 0.294. The highest BCUT2D eigenvalue weighted by Crippen LogP contribution is 2.33. The van der Waals surface area contributed by atoms with Crippen LogP contribution in [0.5, 0.6) is 0 Å². The summed E-state index contributed by atoms with van der Waals surface area (Å²) in [5, 5.41) is 8.46. The molecule has 0 saturated carbocycles. The summed E-state index contributed by atoms with van der Waals surface area (Å²) in [6.07, 6.45) is 2.09. The van der Waals surface area contributed by atoms with Gasteiger partial charge in [0.05, 0.1) is 5.02 Å². The Kier molecular flexibility index (Phi) is 4.01. The quantitative estimate of drug-likeness (QED) is 0.714. The van der Waals surface area contributed by atoms with E-state index in [1.165, 1.54) is 6.39 Å². The van der Waals surface area contributed by atoms with Gasteiger partial charge in [0.1, 0.15) is 17.0 Å². The Hall–Kier alpha value is -2.67. The lowest BCUT2D eigenvalue weighted by Gasteiger charge is -2.16. The van der Waals surface area contributed by atoms with Crippen molar-refractivity contribution in [1.82, 2.24) is 20.2 Å². The fourth-order valence-electron chi connectivity index (χ4n) is 3.13. The number of carbonyl (C=O) groups is 1. The summed E-state index contributed by atoms with van der Waals surface area (Å²) in [4.78, 5) is 18.9. The maximum atomic E-state index is 13.1. The summed E-state index contributed by atoms with van der Waals surface area (Å²) >= 11 is 6.26. The van der Waals surface area contributed by atoms with Gasteiger partial charge in [0.25, 0.3) is 5.91 Å². The van der Waals surface area contributed by atoms with Gasteiger partial charge in [0.2, 0.25) is 6.39 Å². The van der Waals surface area contributed by atoms with E-state index in [9.17, 15) is 4.79 Å². The zero-order chi connectivity index (χ0) is 17.4. The van der Waals surface area contributed by atoms with Crippen LogP contribution in [-0.2, 0) is 0 Å². The molecule has 1 saturated heterocycles. The van der Waals surface area contributed by atoms with Crippen molar-refractivity contribution in [2.24, 2.45) is 0 Å². The van der Waals surface area contributed by atoms with Crippen molar-refractivity contribution in [3.63, 3.8) is 0 Å². The second kappa shape index (κ2) is 6.33. The number of likely N-dealkylation sites (tertiary alicyclic amines) is 1. The summed E-state index contributed by atoms with van der Waals surface area (Å²) in [6.45, 7) is 2.88. The largest absolute Gasteiger partial charge is 0.360 e. The highest BCUT2D eigenvalue weighted by molar-refractivity contribution is 6.33. The van der Waals surface area contributed by atoms with E-state index in [0.29, 0.717) is 46.5 Å². The van der Waals surface area contributed by atoms with Gasteiger partial charge in [-0.1, -0.05) is 40.1 Å². The van der Waals surface area contributed by atoms with Crippen LogP contribution in [0.15, 0.2) is 39.7 Å². The Morgan fingerprint density at radius 3 is 2.92 bits per heavy atom. The average Bonchev–Trinajstić information content (AvgIpc) is 3.35. The van der Waals surface area contributed by atoms with Crippen LogP contribution in [0, 0.1) is 6.92 Å². The number of aromatic nitrogens is 3. The number of rotatable bonds is 3. The molecular formula is C17H15ClN4O3. The highest BCUT2D eigenvalue weighted by atomic mass is 35.5. The lowest BCUT2D eigenvalue weighted by molar-refractivity contribution is 0.0789. The first-order chi connectivity index (χ1) is 12.1. The van der Waals surface area contributed by atoms with Gasteiger partial charge in [0.15, 0.2) is 5.82 Å². The zero-order valence-electron chi connectivity index (χ0n) is 13.5. The normalized spacial score (nSPS) is 17.2. The van der Waals surface area contributed by atoms with Gasteiger partial charge >= 0.3 is 0 Å². The minimum atomic E-state index is -0.125. The van der Waals surface area contributed by atoms with Crippen LogP contribution in [0.4, 0.5) is 0 Å². The molecule has 8 heteroatoms. The average molecular weight is 359 g/mol. The third kappa shape index (κ3) is 2.80. The molecule has 1 aromatic carbocycles. The summed E-state index contributed by atoms with van der Waals surface area (Å²) in [5.41, 5.74) is 1.59. The minimum Gasteiger partial charge on any atom is -0.360 e. The van der Waals surface area contributed by atoms with E-state index in [1.54, 1.807) is 17.9 Å². The number of amides is 1. The Morgan fingerprint density at radius 1 is 1.32 bits per heavy atom. The first kappa shape index (κ1) is 15.8. The maximum Gasteiger partial charge on any atom is 0.259 e. The van der Waals surface area contributed by atoms with Crippen LogP contribution in [0.3, 0.4) is 0 Å². The maximum absolute atomic E-state index is 13.1. The second-order valence-electron chi connectivity index (χ2n) is 5.97. The van der Waals surface area contributed by atoms with Crippen molar-refractivity contribution in [2.75, 3.05) is 13.1 Å². The van der Waals surface area contributed by atoms with Crippen molar-refractivity contribution >= 4 is 17.5 Å². The van der Waals surface area contributed by atoms with Gasteiger partial charge in [0, 0.05) is 24.6 Å². The molecule has 1 fully saturated rings. The number of nitrogens with zero attached hydrogens (tertiary/aromatic N) is 4. The highest BCUT2D eigenvalue weighted by Gasteiger charge is 2.34. The number of benzene rings is 1. The Labute approximate surface area is 148 Å². The van der Waals surface area contributed by atoms with Crippen LogP contribution < -0.4 is 0 Å². The third-order valence-corrected chi connectivity index (χ3v) is 4.75. The molecule has 0 unspecified atom stereocenters. The number of hydrogen-bond donors (Lipinski definition) is 0. The van der Waals surface area contributed by atoms with Crippen molar-refractivity contribution in [2.45, 2.75) is 19.3 Å². The molecule has 0 N–H and O–H groups in total. The molecule has 1 amide bonds. The molecule has 0 aliphatic carbocycles. The molecule has 1 aliphatic rings. The van der Waals surface area contributed by atoms with E-state index in [0.717, 1.165) is 6.42 Å². The smallest absolute Gasteiger partial charge is 0.259 e. The Bertz CT molecular complexity index is 907. The van der Waals surface area contributed by atoms with Crippen molar-refractivity contribution in [3.05, 3.63) is 52.8 Å². The first-order valence-electron chi connectivity index (χ1n) is 7.92. The first-order valence-corrected chi connectivity index (χ1v) is 8.29. The van der Waals surface area contributed by atoms with Crippen molar-refractivity contribution in [3.8, 4) is 11.3 Å². The molecule has 3 heterocycles. The number of aryl methyl sites for hydroxylation is 1. The Balaban J connectivity index is 1.63. The van der Waals surface area contributed by atoms with Gasteiger partial charge in [-0.2, -0.15) is 4.98 Å². The molecule has 0 radical (unpaired) electrons. The van der Waals surface area contributed by atoms with Crippen LogP contribution in [0.1, 0.15) is 34.3 Å². The molecule has 25 heavy (non-hydrogen) atoms. The summed E-state index contributed by atoms with van der Waals surface area (Å²) < 4.78 is 10.1. The minimum absolute atomic E-state index is 0.0756. The summed E-state index contributed by atoms with van der Waals surface area (Å²) in [5.74, 6) is 1.05.